The third-order valence-electron chi connectivity index (χ3n) is 3.86. The van der Waals surface area contributed by atoms with Crippen molar-refractivity contribution in [3.63, 3.8) is 0 Å². The Morgan fingerprint density at radius 3 is 2.73 bits per heavy atom. The SMILES string of the molecule is CC(CCNC(=O)CCCc1cccnc1)c1ccccc1. The van der Waals surface area contributed by atoms with Crippen molar-refractivity contribution >= 4 is 5.91 Å². The molecule has 0 bridgehead atoms. The fourth-order valence-corrected chi connectivity index (χ4v) is 2.46. The lowest BCUT2D eigenvalue weighted by Gasteiger charge is -2.12. The van der Waals surface area contributed by atoms with Crippen molar-refractivity contribution in [3.05, 3.63) is 66.0 Å². The first-order chi connectivity index (χ1) is 10.8. The zero-order chi connectivity index (χ0) is 15.6. The van der Waals surface area contributed by atoms with Crippen molar-refractivity contribution in [2.75, 3.05) is 6.54 Å². The highest BCUT2D eigenvalue weighted by Crippen LogP contribution is 2.17. The van der Waals surface area contributed by atoms with Crippen LogP contribution >= 0.6 is 0 Å². The Morgan fingerprint density at radius 1 is 1.18 bits per heavy atom. The van der Waals surface area contributed by atoms with Crippen LogP contribution in [0.3, 0.4) is 0 Å². The van der Waals surface area contributed by atoms with E-state index in [2.05, 4.69) is 41.5 Å². The molecule has 1 heterocycles. The number of pyridine rings is 1. The first kappa shape index (κ1) is 16.2. The first-order valence-electron chi connectivity index (χ1n) is 7.96. The molecule has 0 fully saturated rings. The number of amides is 1. The van der Waals surface area contributed by atoms with Gasteiger partial charge in [-0.05, 0) is 42.4 Å². The van der Waals surface area contributed by atoms with E-state index in [9.17, 15) is 4.79 Å². The van der Waals surface area contributed by atoms with Gasteiger partial charge in [-0.3, -0.25) is 9.78 Å². The van der Waals surface area contributed by atoms with Crippen molar-refractivity contribution in [1.82, 2.24) is 10.3 Å². The third-order valence-corrected chi connectivity index (χ3v) is 3.86. The van der Waals surface area contributed by atoms with Gasteiger partial charge in [0.15, 0.2) is 0 Å². The minimum Gasteiger partial charge on any atom is -0.356 e. The average molecular weight is 296 g/mol. The molecule has 116 valence electrons. The van der Waals surface area contributed by atoms with Gasteiger partial charge in [0.05, 0.1) is 0 Å². The van der Waals surface area contributed by atoms with Gasteiger partial charge in [-0.1, -0.05) is 43.3 Å². The van der Waals surface area contributed by atoms with Crippen LogP contribution in [0.4, 0.5) is 0 Å². The van der Waals surface area contributed by atoms with E-state index in [0.717, 1.165) is 25.8 Å². The van der Waals surface area contributed by atoms with Gasteiger partial charge in [0.25, 0.3) is 0 Å². The maximum absolute atomic E-state index is 11.8. The Kier molecular flexibility index (Phi) is 6.62. The summed E-state index contributed by atoms with van der Waals surface area (Å²) in [5.74, 6) is 0.612. The summed E-state index contributed by atoms with van der Waals surface area (Å²) in [5, 5.41) is 3.02. The molecule has 0 spiro atoms. The lowest BCUT2D eigenvalue weighted by Crippen LogP contribution is -2.25. The van der Waals surface area contributed by atoms with Crippen LogP contribution in [0.1, 0.15) is 43.2 Å². The Hall–Kier alpha value is -2.16. The van der Waals surface area contributed by atoms with Crippen LogP contribution in [-0.4, -0.2) is 17.4 Å². The van der Waals surface area contributed by atoms with Crippen molar-refractivity contribution in [2.45, 2.75) is 38.5 Å². The smallest absolute Gasteiger partial charge is 0.220 e. The predicted octanol–water partition coefficient (Wildman–Crippen LogP) is 3.71. The molecule has 0 aliphatic heterocycles. The third kappa shape index (κ3) is 5.68. The Morgan fingerprint density at radius 2 is 2.00 bits per heavy atom. The van der Waals surface area contributed by atoms with E-state index in [1.807, 2.05) is 24.4 Å². The summed E-state index contributed by atoms with van der Waals surface area (Å²) in [6.45, 7) is 2.94. The largest absolute Gasteiger partial charge is 0.356 e. The molecule has 1 amide bonds. The second kappa shape index (κ2) is 8.98. The molecule has 1 atom stereocenters. The standard InChI is InChI=1S/C19H24N2O/c1-16(18-9-3-2-4-10-18)12-14-21-19(22)11-5-7-17-8-6-13-20-15-17/h2-4,6,8-10,13,15-16H,5,7,11-12,14H2,1H3,(H,21,22). The highest BCUT2D eigenvalue weighted by molar-refractivity contribution is 5.75. The van der Waals surface area contributed by atoms with Crippen LogP contribution in [0.5, 0.6) is 0 Å². The fraction of sp³-hybridized carbons (Fsp3) is 0.368. The molecule has 0 saturated heterocycles. The number of hydrogen-bond donors (Lipinski definition) is 1. The van der Waals surface area contributed by atoms with E-state index >= 15 is 0 Å². The molecule has 2 aromatic rings. The van der Waals surface area contributed by atoms with E-state index in [1.165, 1.54) is 11.1 Å². The van der Waals surface area contributed by atoms with Gasteiger partial charge in [-0.25, -0.2) is 0 Å². The van der Waals surface area contributed by atoms with E-state index in [4.69, 9.17) is 0 Å². The van der Waals surface area contributed by atoms with E-state index < -0.39 is 0 Å². The zero-order valence-corrected chi connectivity index (χ0v) is 13.2. The lowest BCUT2D eigenvalue weighted by atomic mass is 9.98. The molecule has 0 saturated carbocycles. The van der Waals surface area contributed by atoms with Gasteiger partial charge < -0.3 is 5.32 Å². The maximum Gasteiger partial charge on any atom is 0.220 e. The molecule has 0 aliphatic carbocycles. The summed E-state index contributed by atoms with van der Waals surface area (Å²) in [5.41, 5.74) is 2.52. The molecule has 22 heavy (non-hydrogen) atoms. The number of nitrogens with one attached hydrogen (secondary N) is 1. The first-order valence-corrected chi connectivity index (χ1v) is 7.96. The van der Waals surface area contributed by atoms with E-state index in [-0.39, 0.29) is 5.91 Å². The molecule has 1 N–H and O–H groups in total. The van der Waals surface area contributed by atoms with Crippen LogP contribution in [0.25, 0.3) is 0 Å². The van der Waals surface area contributed by atoms with Crippen LogP contribution < -0.4 is 5.32 Å². The van der Waals surface area contributed by atoms with E-state index in [0.29, 0.717) is 12.3 Å². The summed E-state index contributed by atoms with van der Waals surface area (Å²) < 4.78 is 0. The van der Waals surface area contributed by atoms with Crippen molar-refractivity contribution < 1.29 is 4.79 Å². The molecule has 1 unspecified atom stereocenters. The molecule has 3 heteroatoms. The maximum atomic E-state index is 11.8. The second-order valence-electron chi connectivity index (χ2n) is 5.67. The normalized spacial score (nSPS) is 11.9. The van der Waals surface area contributed by atoms with Crippen molar-refractivity contribution in [3.8, 4) is 0 Å². The second-order valence-corrected chi connectivity index (χ2v) is 5.67. The van der Waals surface area contributed by atoms with Gasteiger partial charge in [-0.2, -0.15) is 0 Å². The van der Waals surface area contributed by atoms with Gasteiger partial charge in [0, 0.05) is 25.4 Å². The summed E-state index contributed by atoms with van der Waals surface area (Å²) >= 11 is 0. The molecule has 3 nitrogen and oxygen atoms in total. The molecule has 1 aromatic carbocycles. The minimum absolute atomic E-state index is 0.143. The minimum atomic E-state index is 0.143. The number of benzene rings is 1. The molecular formula is C19H24N2O. The summed E-state index contributed by atoms with van der Waals surface area (Å²) in [7, 11) is 0. The molecule has 0 aliphatic rings. The quantitative estimate of drug-likeness (QED) is 0.807. The Bertz CT molecular complexity index is 554. The summed E-state index contributed by atoms with van der Waals surface area (Å²) in [6.07, 6.45) is 6.95. The topological polar surface area (TPSA) is 42.0 Å². The average Bonchev–Trinajstić information content (AvgIpc) is 2.56. The number of aromatic nitrogens is 1. The molecule has 0 radical (unpaired) electrons. The molecule has 2 rings (SSSR count). The summed E-state index contributed by atoms with van der Waals surface area (Å²) in [4.78, 5) is 15.9. The fourth-order valence-electron chi connectivity index (χ4n) is 2.46. The van der Waals surface area contributed by atoms with Crippen LogP contribution in [-0.2, 0) is 11.2 Å². The van der Waals surface area contributed by atoms with Gasteiger partial charge >= 0.3 is 0 Å². The van der Waals surface area contributed by atoms with E-state index in [1.54, 1.807) is 6.20 Å². The van der Waals surface area contributed by atoms with Gasteiger partial charge in [0.1, 0.15) is 0 Å². The number of nitrogens with zero attached hydrogens (tertiary/aromatic N) is 1. The number of aryl methyl sites for hydroxylation is 1. The number of carbonyl (C=O) groups excluding carboxylic acids is 1. The number of carbonyl (C=O) groups is 1. The number of rotatable bonds is 8. The molecular weight excluding hydrogens is 272 g/mol. The Labute approximate surface area is 132 Å². The Balaban J connectivity index is 1.60. The van der Waals surface area contributed by atoms with Crippen molar-refractivity contribution in [2.24, 2.45) is 0 Å². The van der Waals surface area contributed by atoms with Gasteiger partial charge in [-0.15, -0.1) is 0 Å². The highest BCUT2D eigenvalue weighted by Gasteiger charge is 2.06. The van der Waals surface area contributed by atoms with Crippen LogP contribution in [0.2, 0.25) is 0 Å². The van der Waals surface area contributed by atoms with Gasteiger partial charge in [0.2, 0.25) is 5.91 Å². The summed E-state index contributed by atoms with van der Waals surface area (Å²) in [6, 6.07) is 14.4. The highest BCUT2D eigenvalue weighted by atomic mass is 16.1. The molecule has 1 aromatic heterocycles. The van der Waals surface area contributed by atoms with Crippen molar-refractivity contribution in [1.29, 1.82) is 0 Å². The number of hydrogen-bond acceptors (Lipinski definition) is 2. The monoisotopic (exact) mass is 296 g/mol. The zero-order valence-electron chi connectivity index (χ0n) is 13.2. The van der Waals surface area contributed by atoms with Crippen LogP contribution in [0.15, 0.2) is 54.9 Å². The van der Waals surface area contributed by atoms with Crippen LogP contribution in [0, 0.1) is 0 Å². The lowest BCUT2D eigenvalue weighted by molar-refractivity contribution is -0.121. The predicted molar refractivity (Wildman–Crippen MR) is 89.7 cm³/mol.